The van der Waals surface area contributed by atoms with Crippen molar-refractivity contribution in [3.05, 3.63) is 27.3 Å². The summed E-state index contributed by atoms with van der Waals surface area (Å²) in [6.45, 7) is 5.13. The molecule has 1 fully saturated rings. The summed E-state index contributed by atoms with van der Waals surface area (Å²) in [5, 5.41) is 0.496. The van der Waals surface area contributed by atoms with Gasteiger partial charge in [-0.3, -0.25) is 4.79 Å². The lowest BCUT2D eigenvalue weighted by molar-refractivity contribution is 0.0698. The predicted molar refractivity (Wildman–Crippen MR) is 86.0 cm³/mol. The molecule has 1 heterocycles. The number of hydrogen-bond donors (Lipinski definition) is 1. The third-order valence-electron chi connectivity index (χ3n) is 3.39. The van der Waals surface area contributed by atoms with E-state index in [0.717, 1.165) is 27.1 Å². The lowest BCUT2D eigenvalue weighted by Gasteiger charge is -2.37. The van der Waals surface area contributed by atoms with E-state index in [-0.39, 0.29) is 11.9 Å². The highest BCUT2D eigenvalue weighted by molar-refractivity contribution is 14.1. The summed E-state index contributed by atoms with van der Waals surface area (Å²) in [5.41, 5.74) is 7.24. The second kappa shape index (κ2) is 5.69. The van der Waals surface area contributed by atoms with Crippen molar-refractivity contribution in [2.24, 2.45) is 0 Å². The molecule has 0 aromatic heterocycles. The minimum atomic E-state index is 0.118. The smallest absolute Gasteiger partial charge is 0.254 e. The van der Waals surface area contributed by atoms with E-state index in [2.05, 4.69) is 36.4 Å². The van der Waals surface area contributed by atoms with Crippen LogP contribution in [0.3, 0.4) is 0 Å². The molecule has 3 nitrogen and oxygen atoms in total. The van der Waals surface area contributed by atoms with Crippen LogP contribution in [0.25, 0.3) is 0 Å². The summed E-state index contributed by atoms with van der Waals surface area (Å²) in [7, 11) is 0. The number of nitrogen functional groups attached to an aromatic ring is 1. The zero-order valence-corrected chi connectivity index (χ0v) is 13.5. The molecular weight excluding hydrogens is 359 g/mol. The fraction of sp³-hybridized carbons (Fsp3) is 0.462. The van der Waals surface area contributed by atoms with Gasteiger partial charge in [-0.15, -0.1) is 0 Å². The minimum Gasteiger partial charge on any atom is -0.398 e. The monoisotopic (exact) mass is 376 g/mol. The van der Waals surface area contributed by atoms with Crippen LogP contribution in [-0.4, -0.2) is 34.4 Å². The molecule has 0 radical (unpaired) electrons. The van der Waals surface area contributed by atoms with E-state index < -0.39 is 0 Å². The number of carbonyl (C=O) groups excluding carboxylic acids is 1. The number of anilines is 1. The van der Waals surface area contributed by atoms with Gasteiger partial charge in [0.25, 0.3) is 5.91 Å². The summed E-state index contributed by atoms with van der Waals surface area (Å²) in [6.07, 6.45) is 0. The Morgan fingerprint density at radius 3 is 2.89 bits per heavy atom. The summed E-state index contributed by atoms with van der Waals surface area (Å²) in [5.74, 6) is 1.14. The first-order valence-electron chi connectivity index (χ1n) is 5.98. The quantitative estimate of drug-likeness (QED) is 0.606. The molecule has 18 heavy (non-hydrogen) atoms. The summed E-state index contributed by atoms with van der Waals surface area (Å²) < 4.78 is 0.936. The van der Waals surface area contributed by atoms with E-state index in [1.807, 2.05) is 34.9 Å². The van der Waals surface area contributed by atoms with Gasteiger partial charge in [0.05, 0.1) is 0 Å². The third-order valence-corrected chi connectivity index (χ3v) is 5.66. The van der Waals surface area contributed by atoms with E-state index in [9.17, 15) is 4.79 Å². The van der Waals surface area contributed by atoms with Crippen LogP contribution < -0.4 is 5.73 Å². The van der Waals surface area contributed by atoms with Crippen molar-refractivity contribution >= 4 is 45.9 Å². The van der Waals surface area contributed by atoms with E-state index in [0.29, 0.717) is 5.25 Å². The van der Waals surface area contributed by atoms with Crippen LogP contribution in [0.4, 0.5) is 5.69 Å². The first-order valence-corrected chi connectivity index (χ1v) is 8.11. The Kier molecular flexibility index (Phi) is 4.42. The van der Waals surface area contributed by atoms with Gasteiger partial charge in [0.15, 0.2) is 0 Å². The molecule has 1 aromatic rings. The van der Waals surface area contributed by atoms with Crippen LogP contribution in [0.2, 0.25) is 0 Å². The van der Waals surface area contributed by atoms with Crippen LogP contribution in [0, 0.1) is 3.57 Å². The van der Waals surface area contributed by atoms with Crippen molar-refractivity contribution in [3.63, 3.8) is 0 Å². The number of carbonyl (C=O) groups is 1. The van der Waals surface area contributed by atoms with Gasteiger partial charge in [0, 0.05) is 38.4 Å². The van der Waals surface area contributed by atoms with Crippen molar-refractivity contribution < 1.29 is 4.79 Å². The molecule has 0 aliphatic carbocycles. The number of amides is 1. The molecule has 2 unspecified atom stereocenters. The topological polar surface area (TPSA) is 46.3 Å². The molecule has 2 rings (SSSR count). The molecule has 2 N–H and O–H groups in total. The molecule has 0 spiro atoms. The Bertz CT molecular complexity index is 466. The van der Waals surface area contributed by atoms with Crippen LogP contribution in [0.15, 0.2) is 18.2 Å². The standard InChI is InChI=1S/C13H17IN2OS/c1-8-9(2)18-6-5-16(8)13(17)10-3-4-12(15)11(14)7-10/h3-4,7-9H,5-6,15H2,1-2H3. The minimum absolute atomic E-state index is 0.118. The van der Waals surface area contributed by atoms with Gasteiger partial charge in [-0.1, -0.05) is 6.92 Å². The largest absolute Gasteiger partial charge is 0.398 e. The lowest BCUT2D eigenvalue weighted by atomic mass is 10.1. The first kappa shape index (κ1) is 14.0. The van der Waals surface area contributed by atoms with Crippen LogP contribution in [0.5, 0.6) is 0 Å². The summed E-state index contributed by atoms with van der Waals surface area (Å²) >= 11 is 4.10. The molecule has 1 aliphatic heterocycles. The van der Waals surface area contributed by atoms with Gasteiger partial charge in [0.2, 0.25) is 0 Å². The molecule has 1 aromatic carbocycles. The molecule has 0 saturated carbocycles. The highest BCUT2D eigenvalue weighted by Gasteiger charge is 2.29. The number of thioether (sulfide) groups is 1. The van der Waals surface area contributed by atoms with E-state index in [4.69, 9.17) is 5.73 Å². The Morgan fingerprint density at radius 2 is 2.22 bits per heavy atom. The molecule has 98 valence electrons. The van der Waals surface area contributed by atoms with Gasteiger partial charge in [0.1, 0.15) is 0 Å². The first-order chi connectivity index (χ1) is 8.50. The fourth-order valence-electron chi connectivity index (χ4n) is 2.05. The molecule has 1 amide bonds. The predicted octanol–water partition coefficient (Wildman–Crippen LogP) is 2.84. The van der Waals surface area contributed by atoms with E-state index >= 15 is 0 Å². The van der Waals surface area contributed by atoms with Crippen molar-refractivity contribution in [1.29, 1.82) is 0 Å². The molecule has 5 heteroatoms. The van der Waals surface area contributed by atoms with Crippen molar-refractivity contribution in [2.75, 3.05) is 18.0 Å². The molecule has 1 aliphatic rings. The Labute approximate surface area is 126 Å². The number of nitrogens with two attached hydrogens (primary N) is 1. The summed E-state index contributed by atoms with van der Waals surface area (Å²) in [4.78, 5) is 14.5. The van der Waals surface area contributed by atoms with Gasteiger partial charge >= 0.3 is 0 Å². The lowest BCUT2D eigenvalue weighted by Crippen LogP contribution is -2.47. The molecule has 0 bridgehead atoms. The van der Waals surface area contributed by atoms with E-state index in [1.165, 1.54) is 0 Å². The average Bonchev–Trinajstić information content (AvgIpc) is 2.35. The normalized spacial score (nSPS) is 24.1. The van der Waals surface area contributed by atoms with Crippen molar-refractivity contribution in [2.45, 2.75) is 25.1 Å². The van der Waals surface area contributed by atoms with Crippen molar-refractivity contribution in [3.8, 4) is 0 Å². The van der Waals surface area contributed by atoms with Crippen molar-refractivity contribution in [1.82, 2.24) is 4.90 Å². The highest BCUT2D eigenvalue weighted by Crippen LogP contribution is 2.26. The second-order valence-electron chi connectivity index (χ2n) is 4.55. The zero-order valence-electron chi connectivity index (χ0n) is 10.5. The fourth-order valence-corrected chi connectivity index (χ4v) is 3.66. The highest BCUT2D eigenvalue weighted by atomic mass is 127. The number of hydrogen-bond acceptors (Lipinski definition) is 3. The maximum absolute atomic E-state index is 12.5. The Balaban J connectivity index is 2.22. The van der Waals surface area contributed by atoms with E-state index in [1.54, 1.807) is 0 Å². The summed E-state index contributed by atoms with van der Waals surface area (Å²) in [6, 6.07) is 5.78. The Hall–Kier alpha value is -0.430. The van der Waals surface area contributed by atoms with Gasteiger partial charge in [-0.25, -0.2) is 0 Å². The van der Waals surface area contributed by atoms with Crippen LogP contribution in [0.1, 0.15) is 24.2 Å². The van der Waals surface area contributed by atoms with Gasteiger partial charge < -0.3 is 10.6 Å². The van der Waals surface area contributed by atoms with Gasteiger partial charge in [-0.05, 0) is 47.7 Å². The maximum atomic E-state index is 12.5. The maximum Gasteiger partial charge on any atom is 0.254 e. The Morgan fingerprint density at radius 1 is 1.50 bits per heavy atom. The average molecular weight is 376 g/mol. The molecule has 2 atom stereocenters. The van der Waals surface area contributed by atoms with Crippen LogP contribution in [-0.2, 0) is 0 Å². The number of benzene rings is 1. The molecular formula is C13H17IN2OS. The number of rotatable bonds is 1. The number of halogens is 1. The SMILES string of the molecule is CC1SCCN(C(=O)c2ccc(N)c(I)c2)C1C. The molecule has 1 saturated heterocycles. The zero-order chi connectivity index (χ0) is 13.3. The van der Waals surface area contributed by atoms with Crippen LogP contribution >= 0.6 is 34.4 Å². The van der Waals surface area contributed by atoms with Gasteiger partial charge in [-0.2, -0.15) is 11.8 Å². The number of nitrogens with zero attached hydrogens (tertiary/aromatic N) is 1. The second-order valence-corrected chi connectivity index (χ2v) is 7.20. The third kappa shape index (κ3) is 2.77.